The van der Waals surface area contributed by atoms with Crippen molar-refractivity contribution >= 4 is 27.0 Å². The largest absolute Gasteiger partial charge is 0.294 e. The Hall–Kier alpha value is -0.680. The molecule has 0 saturated heterocycles. The highest BCUT2D eigenvalue weighted by molar-refractivity contribution is 7.91. The van der Waals surface area contributed by atoms with Gasteiger partial charge in [0.15, 0.2) is 15.6 Å². The van der Waals surface area contributed by atoms with Gasteiger partial charge in [0.25, 0.3) is 0 Å². The van der Waals surface area contributed by atoms with Gasteiger partial charge >= 0.3 is 0 Å². The van der Waals surface area contributed by atoms with Crippen LogP contribution in [0.4, 0.5) is 0 Å². The van der Waals surface area contributed by atoms with Gasteiger partial charge < -0.3 is 0 Å². The Bertz CT molecular complexity index is 482. The Morgan fingerprint density at radius 1 is 1.50 bits per heavy atom. The molecule has 1 aliphatic rings. The third kappa shape index (κ3) is 1.50. The smallest absolute Gasteiger partial charge is 0.179 e. The molecule has 76 valence electrons. The van der Waals surface area contributed by atoms with Crippen LogP contribution < -0.4 is 0 Å². The summed E-state index contributed by atoms with van der Waals surface area (Å²) in [5, 5.41) is 0. The highest BCUT2D eigenvalue weighted by Gasteiger charge is 2.26. The fourth-order valence-corrected chi connectivity index (χ4v) is 4.62. The van der Waals surface area contributed by atoms with Crippen LogP contribution in [0.5, 0.6) is 0 Å². The van der Waals surface area contributed by atoms with Crippen LogP contribution in [0, 0.1) is 0 Å². The summed E-state index contributed by atoms with van der Waals surface area (Å²) in [5.41, 5.74) is 0. The van der Waals surface area contributed by atoms with E-state index in [2.05, 4.69) is 0 Å². The molecule has 0 spiro atoms. The minimum Gasteiger partial charge on any atom is -0.294 e. The molecule has 0 unspecified atom stereocenters. The van der Waals surface area contributed by atoms with Gasteiger partial charge in [0.2, 0.25) is 0 Å². The van der Waals surface area contributed by atoms with Crippen LogP contribution in [-0.4, -0.2) is 20.0 Å². The molecule has 2 heterocycles. The maximum absolute atomic E-state index is 11.6. The molecule has 0 aromatic carbocycles. The van der Waals surface area contributed by atoms with Gasteiger partial charge in [-0.05, 0) is 25.8 Å². The predicted octanol–water partition coefficient (Wildman–Crippen LogP) is 1.67. The number of ketones is 1. The number of sulfone groups is 1. The lowest BCUT2D eigenvalue weighted by molar-refractivity contribution is 0.102. The first kappa shape index (κ1) is 9.86. The zero-order chi connectivity index (χ0) is 10.3. The summed E-state index contributed by atoms with van der Waals surface area (Å²) >= 11 is 1.32. The van der Waals surface area contributed by atoms with Crippen molar-refractivity contribution in [2.45, 2.75) is 24.7 Å². The maximum Gasteiger partial charge on any atom is 0.179 e. The standard InChI is InChI=1S/C9H10O3S2/c1-6(10)8-5-9-7(13-8)3-2-4-14(9,11)12/h5H,2-4H2,1H3. The van der Waals surface area contributed by atoms with Crippen LogP contribution in [0.15, 0.2) is 11.0 Å². The molecule has 0 N–H and O–H groups in total. The van der Waals surface area contributed by atoms with Crippen LogP contribution in [0.3, 0.4) is 0 Å². The summed E-state index contributed by atoms with van der Waals surface area (Å²) in [6, 6.07) is 1.52. The molecular formula is C9H10O3S2. The third-order valence-corrected chi connectivity index (χ3v) is 5.55. The first-order valence-electron chi connectivity index (χ1n) is 4.37. The van der Waals surface area contributed by atoms with E-state index < -0.39 is 9.84 Å². The quantitative estimate of drug-likeness (QED) is 0.690. The Labute approximate surface area is 86.7 Å². The molecule has 2 rings (SSSR count). The van der Waals surface area contributed by atoms with Crippen molar-refractivity contribution < 1.29 is 13.2 Å². The molecule has 0 radical (unpaired) electrons. The predicted molar refractivity (Wildman–Crippen MR) is 54.7 cm³/mol. The van der Waals surface area contributed by atoms with Gasteiger partial charge in [-0.25, -0.2) is 8.42 Å². The number of carbonyl (C=O) groups excluding carboxylic acids is 1. The number of aryl methyl sites for hydroxylation is 1. The second kappa shape index (κ2) is 3.17. The molecule has 14 heavy (non-hydrogen) atoms. The van der Waals surface area contributed by atoms with Crippen molar-refractivity contribution in [2.75, 3.05) is 5.75 Å². The van der Waals surface area contributed by atoms with Crippen LogP contribution in [0.1, 0.15) is 27.9 Å². The minimum atomic E-state index is -3.10. The molecule has 3 nitrogen and oxygen atoms in total. The highest BCUT2D eigenvalue weighted by atomic mass is 32.2. The summed E-state index contributed by atoms with van der Waals surface area (Å²) < 4.78 is 23.2. The number of hydrogen-bond acceptors (Lipinski definition) is 4. The molecule has 0 aliphatic carbocycles. The van der Waals surface area contributed by atoms with Crippen LogP contribution in [-0.2, 0) is 16.3 Å². The molecule has 0 atom stereocenters. The lowest BCUT2D eigenvalue weighted by Gasteiger charge is -2.10. The molecule has 5 heteroatoms. The maximum atomic E-state index is 11.6. The zero-order valence-corrected chi connectivity index (χ0v) is 9.37. The molecule has 1 aliphatic heterocycles. The van der Waals surface area contributed by atoms with E-state index in [1.54, 1.807) is 0 Å². The van der Waals surface area contributed by atoms with Crippen LogP contribution in [0.25, 0.3) is 0 Å². The fraction of sp³-hybridized carbons (Fsp3) is 0.444. The topological polar surface area (TPSA) is 51.2 Å². The molecule has 1 aromatic heterocycles. The Morgan fingerprint density at radius 3 is 2.79 bits per heavy atom. The van der Waals surface area contributed by atoms with E-state index in [1.165, 1.54) is 24.3 Å². The number of carbonyl (C=O) groups is 1. The van der Waals surface area contributed by atoms with Crippen molar-refractivity contribution in [3.8, 4) is 0 Å². The van der Waals surface area contributed by atoms with Gasteiger partial charge in [-0.3, -0.25) is 4.79 Å². The minimum absolute atomic E-state index is 0.0559. The first-order chi connectivity index (χ1) is 6.50. The van der Waals surface area contributed by atoms with Gasteiger partial charge in [0.05, 0.1) is 15.5 Å². The van der Waals surface area contributed by atoms with Crippen molar-refractivity contribution in [3.63, 3.8) is 0 Å². The summed E-state index contributed by atoms with van der Waals surface area (Å²) in [6.45, 7) is 1.46. The summed E-state index contributed by atoms with van der Waals surface area (Å²) in [4.78, 5) is 12.9. The van der Waals surface area contributed by atoms with Crippen molar-refractivity contribution in [1.29, 1.82) is 0 Å². The van der Waals surface area contributed by atoms with Gasteiger partial charge in [0, 0.05) is 4.88 Å². The molecule has 0 saturated carbocycles. The van der Waals surface area contributed by atoms with Gasteiger partial charge in [-0.2, -0.15) is 0 Å². The monoisotopic (exact) mass is 230 g/mol. The average Bonchev–Trinajstić information content (AvgIpc) is 2.48. The normalized spacial score (nSPS) is 18.9. The van der Waals surface area contributed by atoms with Crippen molar-refractivity contribution in [3.05, 3.63) is 15.8 Å². The van der Waals surface area contributed by atoms with Crippen LogP contribution >= 0.6 is 11.3 Å². The van der Waals surface area contributed by atoms with E-state index in [0.29, 0.717) is 16.2 Å². The van der Waals surface area contributed by atoms with E-state index in [-0.39, 0.29) is 11.5 Å². The zero-order valence-electron chi connectivity index (χ0n) is 7.74. The highest BCUT2D eigenvalue weighted by Crippen LogP contribution is 2.32. The van der Waals surface area contributed by atoms with Gasteiger partial charge in [0.1, 0.15) is 0 Å². The Kier molecular flexibility index (Phi) is 2.23. The van der Waals surface area contributed by atoms with Crippen molar-refractivity contribution in [1.82, 2.24) is 0 Å². The van der Waals surface area contributed by atoms with E-state index in [1.807, 2.05) is 0 Å². The average molecular weight is 230 g/mol. The molecule has 1 aromatic rings. The molecule has 0 fully saturated rings. The number of rotatable bonds is 1. The van der Waals surface area contributed by atoms with Gasteiger partial charge in [-0.1, -0.05) is 0 Å². The number of thiophene rings is 1. The summed E-state index contributed by atoms with van der Waals surface area (Å²) in [6.07, 6.45) is 1.46. The third-order valence-electron chi connectivity index (χ3n) is 2.27. The number of hydrogen-bond donors (Lipinski definition) is 0. The molecule has 0 amide bonds. The second-order valence-corrected chi connectivity index (χ2v) is 6.59. The summed E-state index contributed by atoms with van der Waals surface area (Å²) in [5.74, 6) is 0.160. The lowest BCUT2D eigenvalue weighted by atomic mass is 10.2. The van der Waals surface area contributed by atoms with E-state index in [9.17, 15) is 13.2 Å². The molecule has 0 bridgehead atoms. The first-order valence-corrected chi connectivity index (χ1v) is 6.84. The SMILES string of the molecule is CC(=O)c1cc2c(s1)CCCS2(=O)=O. The Balaban J connectivity index is 2.60. The number of Topliss-reactive ketones (excluding diaryl/α,β-unsaturated/α-hetero) is 1. The summed E-state index contributed by atoms with van der Waals surface area (Å²) in [7, 11) is -3.10. The fourth-order valence-electron chi connectivity index (χ4n) is 1.56. The molecular weight excluding hydrogens is 220 g/mol. The second-order valence-electron chi connectivity index (χ2n) is 3.38. The number of fused-ring (bicyclic) bond motifs is 1. The van der Waals surface area contributed by atoms with E-state index in [4.69, 9.17) is 0 Å². The van der Waals surface area contributed by atoms with Crippen molar-refractivity contribution in [2.24, 2.45) is 0 Å². The van der Waals surface area contributed by atoms with E-state index in [0.717, 1.165) is 11.3 Å². The lowest BCUT2D eigenvalue weighted by Crippen LogP contribution is -2.13. The van der Waals surface area contributed by atoms with Crippen LogP contribution in [0.2, 0.25) is 0 Å². The Morgan fingerprint density at radius 2 is 2.21 bits per heavy atom. The van der Waals surface area contributed by atoms with Gasteiger partial charge in [-0.15, -0.1) is 11.3 Å². The van der Waals surface area contributed by atoms with E-state index >= 15 is 0 Å².